The van der Waals surface area contributed by atoms with E-state index >= 15 is 0 Å². The van der Waals surface area contributed by atoms with Gasteiger partial charge in [-0.05, 0) is 0 Å². The van der Waals surface area contributed by atoms with Gasteiger partial charge in [0.1, 0.15) is 0 Å². The molecule has 0 aromatic carbocycles. The minimum absolute atomic E-state index is 1.18. The molecule has 7 nitrogen and oxygen atoms in total. The van der Waals surface area contributed by atoms with Gasteiger partial charge in [0.05, 0.1) is 0 Å². The van der Waals surface area contributed by atoms with Gasteiger partial charge >= 0.3 is 11.9 Å². The summed E-state index contributed by atoms with van der Waals surface area (Å²) in [6.45, 7) is 0. The number of nitrogens with one attached hydrogen (secondary N) is 1. The van der Waals surface area contributed by atoms with Crippen LogP contribution in [-0.4, -0.2) is 34.4 Å². The van der Waals surface area contributed by atoms with Crippen LogP contribution in [0.15, 0.2) is 0 Å². The van der Waals surface area contributed by atoms with E-state index in [4.69, 9.17) is 10.2 Å². The van der Waals surface area contributed by atoms with Crippen LogP contribution in [0, 0.1) is 0 Å². The average molecular weight is 163 g/mol. The van der Waals surface area contributed by atoms with E-state index in [0.717, 1.165) is 0 Å². The van der Waals surface area contributed by atoms with E-state index in [1.165, 1.54) is 5.64 Å². The first kappa shape index (κ1) is 7.92. The molecule has 0 bridgehead atoms. The fourth-order valence-corrected chi connectivity index (χ4v) is 0.482. The van der Waals surface area contributed by atoms with Crippen molar-refractivity contribution in [3.05, 3.63) is 0 Å². The Morgan fingerprint density at radius 3 is 1.82 bits per heavy atom. The number of rotatable bonds is 0. The van der Waals surface area contributed by atoms with E-state index in [1.54, 1.807) is 0 Å². The highest BCUT2D eigenvalue weighted by Gasteiger charge is 2.36. The summed E-state index contributed by atoms with van der Waals surface area (Å²) in [6.07, 6.45) is -3.81. The maximum absolute atomic E-state index is 10.4. The molecule has 0 aromatic heterocycles. The quantitative estimate of drug-likeness (QED) is 0.355. The third-order valence-electron chi connectivity index (χ3n) is 1.07. The lowest BCUT2D eigenvalue weighted by Crippen LogP contribution is -2.38. The van der Waals surface area contributed by atoms with Crippen molar-refractivity contribution in [3.63, 3.8) is 0 Å². The summed E-state index contributed by atoms with van der Waals surface area (Å²) in [5.41, 5.74) is 1.49. The van der Waals surface area contributed by atoms with Crippen LogP contribution in [0.4, 0.5) is 0 Å². The smallest absolute Gasteiger partial charge is 0.360 e. The predicted octanol–water partition coefficient (Wildman–Crippen LogP) is -2.77. The minimum atomic E-state index is -1.91. The third-order valence-corrected chi connectivity index (χ3v) is 1.07. The molecule has 0 spiro atoms. The zero-order chi connectivity index (χ0) is 8.43. The summed E-state index contributed by atoms with van der Waals surface area (Å²) in [7, 11) is 0. The Balaban J connectivity index is 2.73. The summed E-state index contributed by atoms with van der Waals surface area (Å²) in [5, 5.41) is 17.5. The van der Waals surface area contributed by atoms with Crippen LogP contribution in [0.1, 0.15) is 0 Å². The zero-order valence-corrected chi connectivity index (χ0v) is 5.18. The molecule has 2 atom stereocenters. The molecule has 0 amide bonds. The highest BCUT2D eigenvalue weighted by atomic mass is 16.9. The molecule has 3 N–H and O–H groups in total. The van der Waals surface area contributed by atoms with Crippen molar-refractivity contribution in [1.29, 1.82) is 0 Å². The van der Waals surface area contributed by atoms with E-state index < -0.39 is 24.1 Å². The van der Waals surface area contributed by atoms with Crippen molar-refractivity contribution in [3.8, 4) is 0 Å². The molecule has 62 valence electrons. The molecule has 7 heteroatoms. The molecule has 0 aliphatic carbocycles. The maximum atomic E-state index is 10.4. The monoisotopic (exact) mass is 163 g/mol. The highest BCUT2D eigenvalue weighted by Crippen LogP contribution is 2.01. The molecule has 0 saturated carbocycles. The zero-order valence-electron chi connectivity index (χ0n) is 5.18. The second kappa shape index (κ2) is 2.82. The summed E-state index contributed by atoms with van der Waals surface area (Å²) < 4.78 is 0. The van der Waals surface area contributed by atoms with Gasteiger partial charge in [0, 0.05) is 5.64 Å². The van der Waals surface area contributed by atoms with Crippen molar-refractivity contribution in [2.75, 3.05) is 0 Å². The molecule has 11 heavy (non-hydrogen) atoms. The Kier molecular flexibility index (Phi) is 2.03. The Bertz CT molecular complexity index is 171. The summed E-state index contributed by atoms with van der Waals surface area (Å²) >= 11 is 0. The number of aliphatic hydroxyl groups is 2. The molecule has 0 aromatic rings. The normalized spacial score (nSPS) is 32.2. The second-order valence-corrected chi connectivity index (χ2v) is 1.82. The first-order valence-electron chi connectivity index (χ1n) is 2.65. The number of carbonyl (C=O) groups excluding carboxylic acids is 2. The molecule has 2 unspecified atom stereocenters. The largest absolute Gasteiger partial charge is 0.379 e. The SMILES string of the molecule is O=C1ONOC(=O)C(O)C1O. The summed E-state index contributed by atoms with van der Waals surface area (Å²) in [4.78, 5) is 28.7. The number of carbonyl (C=O) groups is 2. The first-order chi connectivity index (χ1) is 5.13. The lowest BCUT2D eigenvalue weighted by Gasteiger charge is -2.05. The number of hydrogen-bond donors (Lipinski definition) is 3. The lowest BCUT2D eigenvalue weighted by molar-refractivity contribution is -0.193. The van der Waals surface area contributed by atoms with Crippen LogP contribution in [0.25, 0.3) is 0 Å². The Morgan fingerprint density at radius 2 is 1.45 bits per heavy atom. The van der Waals surface area contributed by atoms with Gasteiger partial charge in [-0.1, -0.05) is 0 Å². The van der Waals surface area contributed by atoms with Crippen LogP contribution < -0.4 is 5.64 Å². The van der Waals surface area contributed by atoms with E-state index in [2.05, 4.69) is 9.68 Å². The fourth-order valence-electron chi connectivity index (χ4n) is 0.482. The van der Waals surface area contributed by atoms with Gasteiger partial charge < -0.3 is 19.9 Å². The fraction of sp³-hybridized carbons (Fsp3) is 0.500. The van der Waals surface area contributed by atoms with Crippen LogP contribution in [0.2, 0.25) is 0 Å². The van der Waals surface area contributed by atoms with E-state index in [-0.39, 0.29) is 0 Å². The molecule has 1 aliphatic rings. The summed E-state index contributed by atoms with van der Waals surface area (Å²) in [5.74, 6) is -2.35. The predicted molar refractivity (Wildman–Crippen MR) is 27.3 cm³/mol. The minimum Gasteiger partial charge on any atom is -0.379 e. The van der Waals surface area contributed by atoms with Crippen LogP contribution in [0.5, 0.6) is 0 Å². The van der Waals surface area contributed by atoms with E-state index in [0.29, 0.717) is 0 Å². The van der Waals surface area contributed by atoms with Gasteiger partial charge in [-0.3, -0.25) is 0 Å². The number of aliphatic hydroxyl groups excluding tert-OH is 2. The van der Waals surface area contributed by atoms with E-state index in [1.807, 2.05) is 0 Å². The van der Waals surface area contributed by atoms with Gasteiger partial charge in [-0.2, -0.15) is 0 Å². The molecule has 1 saturated heterocycles. The molecule has 1 heterocycles. The van der Waals surface area contributed by atoms with Crippen molar-refractivity contribution in [2.45, 2.75) is 12.2 Å². The molecular weight excluding hydrogens is 158 g/mol. The van der Waals surface area contributed by atoms with Crippen molar-refractivity contribution in [1.82, 2.24) is 5.64 Å². The Morgan fingerprint density at radius 1 is 1.09 bits per heavy atom. The molecule has 1 rings (SSSR count). The topological polar surface area (TPSA) is 105 Å². The van der Waals surface area contributed by atoms with Crippen LogP contribution in [0.3, 0.4) is 0 Å². The van der Waals surface area contributed by atoms with Gasteiger partial charge in [0.25, 0.3) is 0 Å². The van der Waals surface area contributed by atoms with Gasteiger partial charge in [-0.25, -0.2) is 9.59 Å². The van der Waals surface area contributed by atoms with Gasteiger partial charge in [-0.15, -0.1) is 0 Å². The van der Waals surface area contributed by atoms with Crippen LogP contribution >= 0.6 is 0 Å². The Labute approximate surface area is 60.4 Å². The molecule has 1 fully saturated rings. The van der Waals surface area contributed by atoms with E-state index in [9.17, 15) is 9.59 Å². The summed E-state index contributed by atoms with van der Waals surface area (Å²) in [6, 6.07) is 0. The molecular formula is C4H5NO6. The molecule has 1 aliphatic heterocycles. The second-order valence-electron chi connectivity index (χ2n) is 1.82. The Hall–Kier alpha value is -1.18. The highest BCUT2D eigenvalue weighted by molar-refractivity contribution is 5.85. The lowest BCUT2D eigenvalue weighted by atomic mass is 10.2. The third kappa shape index (κ3) is 1.45. The average Bonchev–Trinajstić information content (AvgIpc) is 2.07. The van der Waals surface area contributed by atoms with Gasteiger partial charge in [0.15, 0.2) is 12.2 Å². The standard InChI is InChI=1S/C4H5NO6/c6-1-2(7)4(9)11-5-10-3(1)8/h1-2,5-7H. The molecule has 0 radical (unpaired) electrons. The van der Waals surface area contributed by atoms with Crippen molar-refractivity contribution >= 4 is 11.9 Å². The van der Waals surface area contributed by atoms with Crippen LogP contribution in [-0.2, 0) is 19.3 Å². The number of hydrogen-bond acceptors (Lipinski definition) is 7. The maximum Gasteiger partial charge on any atom is 0.360 e. The van der Waals surface area contributed by atoms with Crippen molar-refractivity contribution in [2.24, 2.45) is 0 Å². The van der Waals surface area contributed by atoms with Gasteiger partial charge in [0.2, 0.25) is 0 Å². The van der Waals surface area contributed by atoms with Crippen molar-refractivity contribution < 1.29 is 29.5 Å². The first-order valence-corrected chi connectivity index (χ1v) is 2.65.